The average Bonchev–Trinajstić information content (AvgIpc) is 2.85. The average molecular weight is 495 g/mol. The van der Waals surface area contributed by atoms with Crippen molar-refractivity contribution in [2.45, 2.75) is 46.8 Å². The highest BCUT2D eigenvalue weighted by atomic mass is 35.5. The second kappa shape index (κ2) is 9.72. The number of carbonyl (C=O) groups is 1. The minimum Gasteiger partial charge on any atom is -0.489 e. The van der Waals surface area contributed by atoms with Gasteiger partial charge in [-0.25, -0.2) is 0 Å². The van der Waals surface area contributed by atoms with Crippen LogP contribution >= 0.6 is 11.6 Å². The molecule has 4 rings (SSSR count). The summed E-state index contributed by atoms with van der Waals surface area (Å²) in [5.74, 6) is 0.554. The van der Waals surface area contributed by atoms with Gasteiger partial charge < -0.3 is 19.9 Å². The number of nitriles is 1. The highest BCUT2D eigenvalue weighted by Crippen LogP contribution is 2.55. The lowest BCUT2D eigenvalue weighted by atomic mass is 9.49. The monoisotopic (exact) mass is 494 g/mol. The summed E-state index contributed by atoms with van der Waals surface area (Å²) in [6.45, 7) is 15.9. The van der Waals surface area contributed by atoms with E-state index in [0.717, 1.165) is 38.4 Å². The lowest BCUT2D eigenvalue weighted by Crippen LogP contribution is -2.74. The second-order valence-corrected chi connectivity index (χ2v) is 11.2. The minimum atomic E-state index is -0.293. The maximum Gasteiger partial charge on any atom is 0.251 e. The molecule has 186 valence electrons. The number of nitrogens with zero attached hydrogens (tertiary/aromatic N) is 3. The van der Waals surface area contributed by atoms with Gasteiger partial charge in [0.15, 0.2) is 0 Å². The number of halogens is 1. The Balaban J connectivity index is 1.40. The maximum absolute atomic E-state index is 13.2. The van der Waals surface area contributed by atoms with E-state index < -0.39 is 0 Å². The van der Waals surface area contributed by atoms with Crippen LogP contribution < -0.4 is 15.0 Å². The molecule has 1 aliphatic carbocycles. The fourth-order valence-corrected chi connectivity index (χ4v) is 6.17. The van der Waals surface area contributed by atoms with Gasteiger partial charge in [0.25, 0.3) is 5.91 Å². The van der Waals surface area contributed by atoms with Crippen molar-refractivity contribution in [2.24, 2.45) is 10.8 Å². The molecule has 1 heterocycles. The Morgan fingerprint density at radius 1 is 1.09 bits per heavy atom. The molecular weight excluding hydrogens is 460 g/mol. The van der Waals surface area contributed by atoms with Crippen molar-refractivity contribution < 1.29 is 9.53 Å². The number of nitrogens with one attached hydrogen (secondary N) is 1. The molecule has 1 N–H and O–H groups in total. The molecule has 0 bridgehead atoms. The van der Waals surface area contributed by atoms with Gasteiger partial charge in [0, 0.05) is 60.4 Å². The highest BCUT2D eigenvalue weighted by molar-refractivity contribution is 6.31. The first-order valence-electron chi connectivity index (χ1n) is 12.3. The van der Waals surface area contributed by atoms with Crippen LogP contribution in [0.1, 0.15) is 50.5 Å². The standard InChI is InChI=1S/C28H35ClN4O2/c1-6-32-13-15-33(16-14-32)21-10-7-19(8-11-21)24(34)31-25-27(2,3)26(28(25,4)5)35-22-12-9-20(18-30)23(29)17-22/h7-12,17,25-26H,6,13-16H2,1-5H3,(H,31,34). The summed E-state index contributed by atoms with van der Waals surface area (Å²) in [6, 6.07) is 15.1. The van der Waals surface area contributed by atoms with E-state index in [-0.39, 0.29) is 28.9 Å². The first-order valence-corrected chi connectivity index (χ1v) is 12.7. The van der Waals surface area contributed by atoms with Crippen molar-refractivity contribution in [3.8, 4) is 11.8 Å². The predicted molar refractivity (Wildman–Crippen MR) is 140 cm³/mol. The van der Waals surface area contributed by atoms with E-state index in [9.17, 15) is 4.79 Å². The zero-order valence-corrected chi connectivity index (χ0v) is 22.0. The summed E-state index contributed by atoms with van der Waals surface area (Å²) in [6.07, 6.45) is -0.131. The molecule has 0 atom stereocenters. The van der Waals surface area contributed by atoms with E-state index >= 15 is 0 Å². The van der Waals surface area contributed by atoms with Crippen molar-refractivity contribution in [3.05, 3.63) is 58.6 Å². The molecule has 0 unspecified atom stereocenters. The van der Waals surface area contributed by atoms with Gasteiger partial charge in [-0.1, -0.05) is 46.2 Å². The molecule has 2 aromatic rings. The summed E-state index contributed by atoms with van der Waals surface area (Å²) in [7, 11) is 0. The number of amides is 1. The van der Waals surface area contributed by atoms with Crippen molar-refractivity contribution in [2.75, 3.05) is 37.6 Å². The number of rotatable bonds is 6. The number of piperazine rings is 1. The van der Waals surface area contributed by atoms with Crippen molar-refractivity contribution in [1.82, 2.24) is 10.2 Å². The number of carbonyl (C=O) groups excluding carboxylic acids is 1. The second-order valence-electron chi connectivity index (χ2n) is 10.8. The van der Waals surface area contributed by atoms with Gasteiger partial charge in [0.05, 0.1) is 10.6 Å². The Morgan fingerprint density at radius 3 is 2.26 bits per heavy atom. The topological polar surface area (TPSA) is 68.6 Å². The molecule has 35 heavy (non-hydrogen) atoms. The number of likely N-dealkylation sites (N-methyl/N-ethyl adjacent to an activating group) is 1. The van der Waals surface area contributed by atoms with E-state index in [1.165, 1.54) is 0 Å². The van der Waals surface area contributed by atoms with E-state index in [1.54, 1.807) is 18.2 Å². The molecule has 7 heteroatoms. The van der Waals surface area contributed by atoms with Crippen LogP contribution in [0.5, 0.6) is 5.75 Å². The Kier molecular flexibility index (Phi) is 7.04. The van der Waals surface area contributed by atoms with Crippen LogP contribution in [0.15, 0.2) is 42.5 Å². The van der Waals surface area contributed by atoms with Crippen LogP contribution in [0.25, 0.3) is 0 Å². The molecule has 0 radical (unpaired) electrons. The molecule has 1 aliphatic heterocycles. The molecule has 0 aromatic heterocycles. The summed E-state index contributed by atoms with van der Waals surface area (Å²) in [5, 5.41) is 12.7. The van der Waals surface area contributed by atoms with Gasteiger partial charge in [0.1, 0.15) is 17.9 Å². The maximum atomic E-state index is 13.2. The van der Waals surface area contributed by atoms with E-state index in [0.29, 0.717) is 21.9 Å². The summed E-state index contributed by atoms with van der Waals surface area (Å²) < 4.78 is 6.32. The third-order valence-electron chi connectivity index (χ3n) is 7.74. The van der Waals surface area contributed by atoms with Crippen LogP contribution in [0.3, 0.4) is 0 Å². The van der Waals surface area contributed by atoms with E-state index in [2.05, 4.69) is 55.8 Å². The molecule has 0 spiro atoms. The Hall–Kier alpha value is -2.75. The molecule has 2 aliphatic rings. The lowest BCUT2D eigenvalue weighted by Gasteiger charge is -2.63. The third-order valence-corrected chi connectivity index (χ3v) is 8.06. The van der Waals surface area contributed by atoms with Gasteiger partial charge in [0.2, 0.25) is 0 Å². The molecule has 1 saturated carbocycles. The number of anilines is 1. The molecule has 1 saturated heterocycles. The quantitative estimate of drug-likeness (QED) is 0.614. The molecule has 2 fully saturated rings. The fraction of sp³-hybridized carbons (Fsp3) is 0.500. The van der Waals surface area contributed by atoms with Crippen molar-refractivity contribution in [3.63, 3.8) is 0 Å². The van der Waals surface area contributed by atoms with Crippen LogP contribution in [0.2, 0.25) is 5.02 Å². The van der Waals surface area contributed by atoms with Gasteiger partial charge >= 0.3 is 0 Å². The number of hydrogen-bond acceptors (Lipinski definition) is 5. The lowest BCUT2D eigenvalue weighted by molar-refractivity contribution is -0.164. The first kappa shape index (κ1) is 25.3. The third kappa shape index (κ3) is 4.85. The van der Waals surface area contributed by atoms with Crippen molar-refractivity contribution >= 4 is 23.2 Å². The number of hydrogen-bond donors (Lipinski definition) is 1. The normalized spacial score (nSPS) is 23.2. The molecular formula is C28H35ClN4O2. The Morgan fingerprint density at radius 2 is 1.71 bits per heavy atom. The largest absolute Gasteiger partial charge is 0.489 e. The summed E-state index contributed by atoms with van der Waals surface area (Å²) in [5.41, 5.74) is 1.66. The zero-order valence-electron chi connectivity index (χ0n) is 21.3. The van der Waals surface area contributed by atoms with Crippen LogP contribution in [0.4, 0.5) is 5.69 Å². The number of ether oxygens (including phenoxy) is 1. The SMILES string of the molecule is CCN1CCN(c2ccc(C(=O)NC3C(C)(C)C(Oc4ccc(C#N)c(Cl)c4)C3(C)C)cc2)CC1. The Bertz CT molecular complexity index is 1100. The highest BCUT2D eigenvalue weighted by Gasteiger charge is 2.64. The van der Waals surface area contributed by atoms with Crippen LogP contribution in [-0.4, -0.2) is 55.7 Å². The van der Waals surface area contributed by atoms with Crippen LogP contribution in [0, 0.1) is 22.2 Å². The summed E-state index contributed by atoms with van der Waals surface area (Å²) >= 11 is 6.19. The zero-order chi connectivity index (χ0) is 25.4. The number of benzene rings is 2. The minimum absolute atomic E-state index is 0.0665. The van der Waals surface area contributed by atoms with Gasteiger partial charge in [-0.05, 0) is 42.9 Å². The van der Waals surface area contributed by atoms with Gasteiger partial charge in [-0.2, -0.15) is 5.26 Å². The fourth-order valence-electron chi connectivity index (χ4n) is 5.96. The van der Waals surface area contributed by atoms with Crippen molar-refractivity contribution in [1.29, 1.82) is 5.26 Å². The van der Waals surface area contributed by atoms with Gasteiger partial charge in [-0.3, -0.25) is 4.79 Å². The molecule has 1 amide bonds. The predicted octanol–water partition coefficient (Wildman–Crippen LogP) is 4.97. The van der Waals surface area contributed by atoms with Gasteiger partial charge in [-0.15, -0.1) is 0 Å². The Labute approximate surface area is 213 Å². The van der Waals surface area contributed by atoms with Crippen LogP contribution in [-0.2, 0) is 0 Å². The summed E-state index contributed by atoms with van der Waals surface area (Å²) in [4.78, 5) is 18.0. The molecule has 6 nitrogen and oxygen atoms in total. The van der Waals surface area contributed by atoms with E-state index in [4.69, 9.17) is 21.6 Å². The smallest absolute Gasteiger partial charge is 0.251 e. The first-order chi connectivity index (χ1) is 16.6. The molecule has 2 aromatic carbocycles. The van der Waals surface area contributed by atoms with E-state index in [1.807, 2.05) is 24.3 Å².